The lowest BCUT2D eigenvalue weighted by Gasteiger charge is -2.28. The molecule has 0 N–H and O–H groups in total. The molecule has 0 saturated heterocycles. The monoisotopic (exact) mass is 916 g/mol. The smallest absolute Gasteiger partial charge is 0.160 e. The molecule has 12 aromatic rings. The third-order valence-corrected chi connectivity index (χ3v) is 13.5. The van der Waals surface area contributed by atoms with Gasteiger partial charge in [0.25, 0.3) is 0 Å². The van der Waals surface area contributed by atoms with Crippen LogP contribution < -0.4 is 0 Å². The molecular weight excluding hydrogens is 869 g/mol. The quantitative estimate of drug-likeness (QED) is 0.129. The molecule has 0 aliphatic carbocycles. The van der Waals surface area contributed by atoms with E-state index in [4.69, 9.17) is 9.97 Å². The van der Waals surface area contributed by atoms with Crippen LogP contribution in [-0.2, 0) is 0 Å². The van der Waals surface area contributed by atoms with Gasteiger partial charge >= 0.3 is 0 Å². The summed E-state index contributed by atoms with van der Waals surface area (Å²) < 4.78 is 0. The van der Waals surface area contributed by atoms with Crippen LogP contribution in [0.4, 0.5) is 0 Å². The maximum absolute atomic E-state index is 5.34. The van der Waals surface area contributed by atoms with Gasteiger partial charge in [-0.15, -0.1) is 0 Å². The van der Waals surface area contributed by atoms with Gasteiger partial charge in [-0.3, -0.25) is 0 Å². The molecule has 1 heterocycles. The van der Waals surface area contributed by atoms with E-state index in [9.17, 15) is 0 Å². The third-order valence-electron chi connectivity index (χ3n) is 13.5. The van der Waals surface area contributed by atoms with Gasteiger partial charge in [0.15, 0.2) is 5.82 Å². The van der Waals surface area contributed by atoms with E-state index in [1.54, 1.807) is 0 Å². The molecule has 2 heteroatoms. The fourth-order valence-corrected chi connectivity index (χ4v) is 10.1. The van der Waals surface area contributed by atoms with Gasteiger partial charge in [0, 0.05) is 16.7 Å². The molecule has 0 aliphatic rings. The summed E-state index contributed by atoms with van der Waals surface area (Å²) in [5.41, 5.74) is 23.3. The van der Waals surface area contributed by atoms with Crippen molar-refractivity contribution in [1.82, 2.24) is 9.97 Å². The van der Waals surface area contributed by atoms with Crippen molar-refractivity contribution in [3.8, 4) is 123 Å². The van der Waals surface area contributed by atoms with Crippen LogP contribution in [0.2, 0.25) is 0 Å². The fourth-order valence-electron chi connectivity index (χ4n) is 10.1. The number of aromatic nitrogens is 2. The number of nitrogens with zero attached hydrogens (tertiary/aromatic N) is 2. The highest BCUT2D eigenvalue weighted by Gasteiger charge is 2.29. The Bertz CT molecular complexity index is 3540. The average molecular weight is 917 g/mol. The van der Waals surface area contributed by atoms with Crippen LogP contribution in [0.25, 0.3) is 123 Å². The first-order valence-corrected chi connectivity index (χ1v) is 24.6. The summed E-state index contributed by atoms with van der Waals surface area (Å²) in [4.78, 5) is 10.7. The highest BCUT2D eigenvalue weighted by atomic mass is 14.9. The zero-order valence-electron chi connectivity index (χ0n) is 39.6. The van der Waals surface area contributed by atoms with E-state index in [1.807, 2.05) is 0 Å². The molecule has 1 aromatic heterocycles. The molecule has 0 spiro atoms. The first-order chi connectivity index (χ1) is 35.7. The molecular formula is C70H48N2. The van der Waals surface area contributed by atoms with Crippen molar-refractivity contribution in [2.45, 2.75) is 0 Å². The maximum atomic E-state index is 5.34. The van der Waals surface area contributed by atoms with E-state index < -0.39 is 0 Å². The standard InChI is InChI=1S/C70H48N2/c1-8-22-49(23-9-1)51-36-40-53(41-37-51)62-48-63(54-42-38-52(39-43-54)50-24-10-2-11-25-50)72-70(71-62)61-46-44-60(45-47-61)69-67(58-32-18-6-19-33-58)65(56-28-14-4-15-29-56)64(55-26-12-3-13-27-55)66(57-30-16-5-17-31-57)68(69)59-34-20-7-21-35-59/h1-48H. The van der Waals surface area contributed by atoms with Crippen molar-refractivity contribution in [2.75, 3.05) is 0 Å². The predicted molar refractivity (Wildman–Crippen MR) is 302 cm³/mol. The van der Waals surface area contributed by atoms with E-state index in [0.717, 1.165) is 78.1 Å². The molecule has 11 aromatic carbocycles. The predicted octanol–water partition coefficient (Wildman–Crippen LogP) is 18.8. The largest absolute Gasteiger partial charge is 0.228 e. The van der Waals surface area contributed by atoms with Gasteiger partial charge in [0.1, 0.15) is 0 Å². The summed E-state index contributed by atoms with van der Waals surface area (Å²) >= 11 is 0. The Morgan fingerprint density at radius 2 is 0.333 bits per heavy atom. The van der Waals surface area contributed by atoms with Crippen LogP contribution >= 0.6 is 0 Å². The topological polar surface area (TPSA) is 25.8 Å². The highest BCUT2D eigenvalue weighted by molar-refractivity contribution is 6.15. The second kappa shape index (κ2) is 19.8. The Hall–Kier alpha value is -9.50. The molecule has 72 heavy (non-hydrogen) atoms. The molecule has 0 saturated carbocycles. The van der Waals surface area contributed by atoms with Gasteiger partial charge < -0.3 is 0 Å². The van der Waals surface area contributed by atoms with Crippen molar-refractivity contribution in [2.24, 2.45) is 0 Å². The van der Waals surface area contributed by atoms with E-state index in [-0.39, 0.29) is 0 Å². The Balaban J connectivity index is 1.09. The van der Waals surface area contributed by atoms with Gasteiger partial charge in [-0.25, -0.2) is 9.97 Å². The normalized spacial score (nSPS) is 11.1. The van der Waals surface area contributed by atoms with Crippen LogP contribution in [0.1, 0.15) is 0 Å². The molecule has 0 atom stereocenters. The molecule has 0 radical (unpaired) electrons. The average Bonchev–Trinajstić information content (AvgIpc) is 3.48. The van der Waals surface area contributed by atoms with Crippen molar-refractivity contribution >= 4 is 0 Å². The summed E-state index contributed by atoms with van der Waals surface area (Å²) in [6, 6.07) is 104. The minimum atomic E-state index is 0.661. The molecule has 0 unspecified atom stereocenters. The van der Waals surface area contributed by atoms with Crippen LogP contribution in [-0.4, -0.2) is 9.97 Å². The zero-order valence-corrected chi connectivity index (χ0v) is 39.6. The maximum Gasteiger partial charge on any atom is 0.160 e. The van der Waals surface area contributed by atoms with Gasteiger partial charge in [-0.1, -0.05) is 285 Å². The summed E-state index contributed by atoms with van der Waals surface area (Å²) in [7, 11) is 0. The van der Waals surface area contributed by atoms with Gasteiger partial charge in [0.2, 0.25) is 0 Å². The summed E-state index contributed by atoms with van der Waals surface area (Å²) in [5, 5.41) is 0. The van der Waals surface area contributed by atoms with Gasteiger partial charge in [0.05, 0.1) is 11.4 Å². The van der Waals surface area contributed by atoms with Gasteiger partial charge in [-0.2, -0.15) is 0 Å². The number of hydrogen-bond acceptors (Lipinski definition) is 2. The zero-order chi connectivity index (χ0) is 48.1. The second-order valence-corrected chi connectivity index (χ2v) is 18.0. The molecule has 2 nitrogen and oxygen atoms in total. The lowest BCUT2D eigenvalue weighted by atomic mass is 9.74. The summed E-state index contributed by atoms with van der Waals surface area (Å²) in [6.45, 7) is 0. The minimum absolute atomic E-state index is 0.661. The highest BCUT2D eigenvalue weighted by Crippen LogP contribution is 2.56. The Labute approximate surface area is 421 Å². The lowest BCUT2D eigenvalue weighted by molar-refractivity contribution is 1.18. The lowest BCUT2D eigenvalue weighted by Crippen LogP contribution is -2.02. The van der Waals surface area contributed by atoms with Crippen molar-refractivity contribution in [1.29, 1.82) is 0 Å². The van der Waals surface area contributed by atoms with Gasteiger partial charge in [-0.05, 0) is 95.1 Å². The van der Waals surface area contributed by atoms with Crippen molar-refractivity contribution in [3.05, 3.63) is 291 Å². The van der Waals surface area contributed by atoms with Crippen LogP contribution in [0.5, 0.6) is 0 Å². The van der Waals surface area contributed by atoms with Crippen LogP contribution in [0.15, 0.2) is 291 Å². The molecule has 338 valence electrons. The Morgan fingerprint density at radius 1 is 0.153 bits per heavy atom. The van der Waals surface area contributed by atoms with E-state index >= 15 is 0 Å². The number of hydrogen-bond donors (Lipinski definition) is 0. The Kier molecular flexibility index (Phi) is 12.1. The fraction of sp³-hybridized carbons (Fsp3) is 0. The Morgan fingerprint density at radius 3 is 0.597 bits per heavy atom. The van der Waals surface area contributed by atoms with Crippen molar-refractivity contribution in [3.63, 3.8) is 0 Å². The minimum Gasteiger partial charge on any atom is -0.228 e. The van der Waals surface area contributed by atoms with E-state index in [0.29, 0.717) is 5.82 Å². The first-order valence-electron chi connectivity index (χ1n) is 24.6. The van der Waals surface area contributed by atoms with Crippen molar-refractivity contribution < 1.29 is 0 Å². The summed E-state index contributed by atoms with van der Waals surface area (Å²) in [6.07, 6.45) is 0. The molecule has 0 fully saturated rings. The summed E-state index contributed by atoms with van der Waals surface area (Å²) in [5.74, 6) is 0.661. The second-order valence-electron chi connectivity index (χ2n) is 18.0. The number of benzene rings is 11. The molecule has 12 rings (SSSR count). The SMILES string of the molecule is c1ccc(-c2ccc(-c3cc(-c4ccc(-c5ccccc5)cc4)nc(-c4ccc(-c5c(-c6ccccc6)c(-c6ccccc6)c(-c6ccccc6)c(-c6ccccc6)c5-c5ccccc5)cc4)n3)cc2)cc1. The van der Waals surface area contributed by atoms with E-state index in [1.165, 1.54) is 38.9 Å². The first kappa shape index (κ1) is 43.8. The van der Waals surface area contributed by atoms with E-state index in [2.05, 4.69) is 291 Å². The number of rotatable bonds is 11. The molecule has 0 amide bonds. The van der Waals surface area contributed by atoms with Crippen LogP contribution in [0, 0.1) is 0 Å². The van der Waals surface area contributed by atoms with Crippen LogP contribution in [0.3, 0.4) is 0 Å². The molecule has 0 bridgehead atoms. The molecule has 0 aliphatic heterocycles. The third kappa shape index (κ3) is 8.75.